The number of methoxy groups -OCH3 is 1. The molecule has 0 N–H and O–H groups in total. The van der Waals surface area contributed by atoms with E-state index < -0.39 is 0 Å². The third-order valence-corrected chi connectivity index (χ3v) is 5.12. The molecular weight excluding hydrogens is 308 g/mol. The lowest BCUT2D eigenvalue weighted by Crippen LogP contribution is -2.51. The predicted octanol–water partition coefficient (Wildman–Crippen LogP) is 2.96. The maximum Gasteiger partial charge on any atom is 0.205 e. The zero-order valence-corrected chi connectivity index (χ0v) is 14.8. The third kappa shape index (κ3) is 3.88. The fourth-order valence-corrected chi connectivity index (χ4v) is 3.79. The first kappa shape index (κ1) is 16.4. The van der Waals surface area contributed by atoms with Crippen molar-refractivity contribution in [2.75, 3.05) is 31.6 Å². The Kier molecular flexibility index (Phi) is 5.25. The van der Waals surface area contributed by atoms with Gasteiger partial charge in [0.25, 0.3) is 0 Å². The van der Waals surface area contributed by atoms with Gasteiger partial charge in [-0.05, 0) is 19.4 Å². The molecule has 0 spiro atoms. The molecule has 1 aromatic carbocycles. The molecule has 0 saturated carbocycles. The quantitative estimate of drug-likeness (QED) is 0.842. The minimum Gasteiger partial charge on any atom is -0.374 e. The molecule has 1 aromatic heterocycles. The van der Waals surface area contributed by atoms with Crippen LogP contribution in [0.2, 0.25) is 0 Å². The second-order valence-electron chi connectivity index (χ2n) is 6.08. The molecule has 5 nitrogen and oxygen atoms in total. The summed E-state index contributed by atoms with van der Waals surface area (Å²) in [5.74, 6) is 0.784. The van der Waals surface area contributed by atoms with E-state index in [4.69, 9.17) is 4.74 Å². The largest absolute Gasteiger partial charge is 0.374 e. The molecule has 2 aromatic rings. The summed E-state index contributed by atoms with van der Waals surface area (Å²) in [7, 11) is 1.69. The molecule has 1 aliphatic heterocycles. The SMILES string of the molecule is CO[C@@H](C)c1nsc(N2CCN(Cc3ccccc3)C[C@H]2C)n1. The van der Waals surface area contributed by atoms with E-state index in [1.165, 1.54) is 17.1 Å². The highest BCUT2D eigenvalue weighted by atomic mass is 32.1. The van der Waals surface area contributed by atoms with Crippen LogP contribution in [0.4, 0.5) is 5.13 Å². The van der Waals surface area contributed by atoms with Gasteiger partial charge in [0.05, 0.1) is 0 Å². The molecule has 6 heteroatoms. The van der Waals surface area contributed by atoms with Crippen molar-refractivity contribution in [3.8, 4) is 0 Å². The normalized spacial score (nSPS) is 20.7. The summed E-state index contributed by atoms with van der Waals surface area (Å²) in [5.41, 5.74) is 1.38. The van der Waals surface area contributed by atoms with Crippen molar-refractivity contribution < 1.29 is 4.74 Å². The zero-order chi connectivity index (χ0) is 16.2. The van der Waals surface area contributed by atoms with Crippen molar-refractivity contribution in [2.24, 2.45) is 0 Å². The number of hydrogen-bond donors (Lipinski definition) is 0. The fraction of sp³-hybridized carbons (Fsp3) is 0.529. The van der Waals surface area contributed by atoms with Crippen molar-refractivity contribution in [1.29, 1.82) is 0 Å². The smallest absolute Gasteiger partial charge is 0.205 e. The van der Waals surface area contributed by atoms with Gasteiger partial charge < -0.3 is 9.64 Å². The van der Waals surface area contributed by atoms with Gasteiger partial charge in [-0.3, -0.25) is 4.90 Å². The lowest BCUT2D eigenvalue weighted by Gasteiger charge is -2.39. The highest BCUT2D eigenvalue weighted by Gasteiger charge is 2.26. The second kappa shape index (κ2) is 7.38. The van der Waals surface area contributed by atoms with Crippen LogP contribution in [-0.4, -0.2) is 47.0 Å². The molecule has 1 saturated heterocycles. The van der Waals surface area contributed by atoms with E-state index in [0.29, 0.717) is 6.04 Å². The maximum atomic E-state index is 5.30. The van der Waals surface area contributed by atoms with Gasteiger partial charge in [-0.25, -0.2) is 4.98 Å². The number of aromatic nitrogens is 2. The second-order valence-corrected chi connectivity index (χ2v) is 6.81. The number of hydrogen-bond acceptors (Lipinski definition) is 6. The van der Waals surface area contributed by atoms with Crippen LogP contribution >= 0.6 is 11.5 Å². The average molecular weight is 332 g/mol. The van der Waals surface area contributed by atoms with Crippen LogP contribution in [-0.2, 0) is 11.3 Å². The van der Waals surface area contributed by atoms with Gasteiger partial charge in [-0.1, -0.05) is 30.3 Å². The Morgan fingerprint density at radius 1 is 1.30 bits per heavy atom. The van der Waals surface area contributed by atoms with Gasteiger partial charge in [0, 0.05) is 50.9 Å². The minimum absolute atomic E-state index is 0.0466. The molecule has 2 heterocycles. The van der Waals surface area contributed by atoms with Gasteiger partial charge in [0.1, 0.15) is 6.10 Å². The topological polar surface area (TPSA) is 41.5 Å². The number of piperazine rings is 1. The van der Waals surface area contributed by atoms with Crippen LogP contribution in [0.25, 0.3) is 0 Å². The lowest BCUT2D eigenvalue weighted by atomic mass is 10.1. The first-order chi connectivity index (χ1) is 11.2. The molecule has 0 amide bonds. The minimum atomic E-state index is -0.0466. The summed E-state index contributed by atoms with van der Waals surface area (Å²) >= 11 is 1.48. The van der Waals surface area contributed by atoms with Crippen LogP contribution in [0, 0.1) is 0 Å². The molecule has 1 aliphatic rings. The third-order valence-electron chi connectivity index (χ3n) is 4.35. The van der Waals surface area contributed by atoms with E-state index in [9.17, 15) is 0 Å². The first-order valence-electron chi connectivity index (χ1n) is 8.06. The fourth-order valence-electron chi connectivity index (χ4n) is 2.92. The summed E-state index contributed by atoms with van der Waals surface area (Å²) in [5, 5.41) is 1.01. The van der Waals surface area contributed by atoms with Gasteiger partial charge in [-0.2, -0.15) is 4.37 Å². The molecule has 3 rings (SSSR count). The van der Waals surface area contributed by atoms with Crippen LogP contribution in [0.1, 0.15) is 31.3 Å². The Labute approximate surface area is 142 Å². The number of rotatable bonds is 5. The number of nitrogens with zero attached hydrogens (tertiary/aromatic N) is 4. The Morgan fingerprint density at radius 2 is 2.09 bits per heavy atom. The average Bonchev–Trinajstić information content (AvgIpc) is 3.05. The van der Waals surface area contributed by atoms with Crippen molar-refractivity contribution in [3.63, 3.8) is 0 Å². The van der Waals surface area contributed by atoms with Crippen LogP contribution in [0.3, 0.4) is 0 Å². The standard InChI is InChI=1S/C17H24N4OS/c1-13-11-20(12-15-7-5-4-6-8-15)9-10-21(13)17-18-16(19-23-17)14(2)22-3/h4-8,13-14H,9-12H2,1-3H3/t13-,14+/m1/s1. The number of anilines is 1. The lowest BCUT2D eigenvalue weighted by molar-refractivity contribution is 0.113. The van der Waals surface area contributed by atoms with Crippen LogP contribution < -0.4 is 4.90 Å². The van der Waals surface area contributed by atoms with E-state index in [1.54, 1.807) is 7.11 Å². The maximum absolute atomic E-state index is 5.30. The molecule has 0 unspecified atom stereocenters. The van der Waals surface area contributed by atoms with Gasteiger partial charge in [0.15, 0.2) is 5.82 Å². The van der Waals surface area contributed by atoms with Crippen LogP contribution in [0.5, 0.6) is 0 Å². The van der Waals surface area contributed by atoms with E-state index in [0.717, 1.165) is 37.1 Å². The van der Waals surface area contributed by atoms with Crippen molar-refractivity contribution in [3.05, 3.63) is 41.7 Å². The highest BCUT2D eigenvalue weighted by Crippen LogP contribution is 2.25. The molecule has 0 radical (unpaired) electrons. The molecule has 23 heavy (non-hydrogen) atoms. The summed E-state index contributed by atoms with van der Waals surface area (Å²) < 4.78 is 9.74. The highest BCUT2D eigenvalue weighted by molar-refractivity contribution is 7.09. The van der Waals surface area contributed by atoms with E-state index in [2.05, 4.69) is 56.4 Å². The first-order valence-corrected chi connectivity index (χ1v) is 8.84. The summed E-state index contributed by atoms with van der Waals surface area (Å²) in [4.78, 5) is 9.53. The van der Waals surface area contributed by atoms with E-state index in [1.807, 2.05) is 6.92 Å². The van der Waals surface area contributed by atoms with Crippen molar-refractivity contribution in [2.45, 2.75) is 32.5 Å². The monoisotopic (exact) mass is 332 g/mol. The Bertz CT molecular complexity index is 618. The summed E-state index contributed by atoms with van der Waals surface area (Å²) in [6, 6.07) is 11.1. The summed E-state index contributed by atoms with van der Waals surface area (Å²) in [6.07, 6.45) is -0.0466. The van der Waals surface area contributed by atoms with Crippen molar-refractivity contribution in [1.82, 2.24) is 14.3 Å². The molecule has 0 aliphatic carbocycles. The Morgan fingerprint density at radius 3 is 2.78 bits per heavy atom. The van der Waals surface area contributed by atoms with E-state index >= 15 is 0 Å². The molecule has 1 fully saturated rings. The molecular formula is C17H24N4OS. The summed E-state index contributed by atoms with van der Waals surface area (Å²) in [6.45, 7) is 8.34. The van der Waals surface area contributed by atoms with Gasteiger partial charge >= 0.3 is 0 Å². The number of benzene rings is 1. The van der Waals surface area contributed by atoms with Crippen molar-refractivity contribution >= 4 is 16.7 Å². The van der Waals surface area contributed by atoms with Gasteiger partial charge in [-0.15, -0.1) is 0 Å². The molecule has 124 valence electrons. The molecule has 2 atom stereocenters. The van der Waals surface area contributed by atoms with Crippen LogP contribution in [0.15, 0.2) is 30.3 Å². The molecule has 0 bridgehead atoms. The predicted molar refractivity (Wildman–Crippen MR) is 93.9 cm³/mol. The number of ether oxygens (including phenoxy) is 1. The Balaban J connectivity index is 1.61. The Hall–Kier alpha value is -1.50. The van der Waals surface area contributed by atoms with E-state index in [-0.39, 0.29) is 6.10 Å². The zero-order valence-electron chi connectivity index (χ0n) is 14.0. The van der Waals surface area contributed by atoms with Gasteiger partial charge in [0.2, 0.25) is 5.13 Å².